The largest absolute Gasteiger partial charge is 0.484 e. The third-order valence-corrected chi connectivity index (χ3v) is 3.47. The van der Waals surface area contributed by atoms with Gasteiger partial charge in [0.25, 0.3) is 0 Å². The average molecular weight is 289 g/mol. The quantitative estimate of drug-likeness (QED) is 0.858. The van der Waals surface area contributed by atoms with Crippen molar-refractivity contribution in [2.24, 2.45) is 5.73 Å². The van der Waals surface area contributed by atoms with Crippen LogP contribution in [0.5, 0.6) is 5.75 Å². The second kappa shape index (κ2) is 7.20. The highest BCUT2D eigenvalue weighted by Gasteiger charge is 2.24. The predicted molar refractivity (Wildman–Crippen MR) is 80.4 cm³/mol. The molecule has 2 rings (SSSR count). The minimum absolute atomic E-state index is 0.137. The first-order chi connectivity index (χ1) is 10.2. The molecular formula is C17H20FNO2. The van der Waals surface area contributed by atoms with Gasteiger partial charge in [-0.1, -0.05) is 43.3 Å². The Morgan fingerprint density at radius 3 is 2.48 bits per heavy atom. The monoisotopic (exact) mass is 289 g/mol. The molecule has 0 amide bonds. The molecule has 2 aromatic carbocycles. The fourth-order valence-electron chi connectivity index (χ4n) is 2.19. The molecule has 0 aromatic heterocycles. The summed E-state index contributed by atoms with van der Waals surface area (Å²) in [6.07, 6.45) is 0.0595. The van der Waals surface area contributed by atoms with Crippen LogP contribution in [-0.2, 0) is 6.61 Å². The van der Waals surface area contributed by atoms with E-state index in [0.717, 1.165) is 0 Å². The van der Waals surface area contributed by atoms with E-state index in [1.54, 1.807) is 30.3 Å². The Morgan fingerprint density at radius 1 is 1.14 bits per heavy atom. The molecule has 2 atom stereocenters. The van der Waals surface area contributed by atoms with Crippen LogP contribution in [0.4, 0.5) is 4.39 Å². The second-order valence-electron chi connectivity index (χ2n) is 4.90. The Kier molecular flexibility index (Phi) is 5.31. The van der Waals surface area contributed by atoms with Crippen molar-refractivity contribution in [2.75, 3.05) is 0 Å². The molecule has 2 unspecified atom stereocenters. The molecule has 112 valence electrons. The maximum Gasteiger partial charge on any atom is 0.142 e. The van der Waals surface area contributed by atoms with Crippen molar-refractivity contribution >= 4 is 0 Å². The predicted octanol–water partition coefficient (Wildman–Crippen LogP) is 3.18. The van der Waals surface area contributed by atoms with Crippen molar-refractivity contribution in [1.29, 1.82) is 0 Å². The van der Waals surface area contributed by atoms with Crippen LogP contribution in [0.25, 0.3) is 0 Å². The minimum Gasteiger partial charge on any atom is -0.484 e. The van der Waals surface area contributed by atoms with Gasteiger partial charge in [0, 0.05) is 17.2 Å². The van der Waals surface area contributed by atoms with Crippen LogP contribution < -0.4 is 10.5 Å². The zero-order chi connectivity index (χ0) is 15.2. The summed E-state index contributed by atoms with van der Waals surface area (Å²) in [5.41, 5.74) is 7.19. The minimum atomic E-state index is -0.594. The summed E-state index contributed by atoms with van der Waals surface area (Å²) in [7, 11) is 0. The molecular weight excluding hydrogens is 269 g/mol. The van der Waals surface area contributed by atoms with Crippen LogP contribution in [0.1, 0.15) is 30.6 Å². The van der Waals surface area contributed by atoms with E-state index < -0.39 is 6.10 Å². The third-order valence-electron chi connectivity index (χ3n) is 3.47. The first-order valence-electron chi connectivity index (χ1n) is 7.02. The summed E-state index contributed by atoms with van der Waals surface area (Å²) in [4.78, 5) is 0. The maximum atomic E-state index is 14.0. The number of halogens is 1. The van der Waals surface area contributed by atoms with Crippen molar-refractivity contribution in [3.8, 4) is 5.75 Å². The number of aliphatic hydroxyl groups excluding tert-OH is 1. The number of hydrogen-bond acceptors (Lipinski definition) is 3. The topological polar surface area (TPSA) is 55.5 Å². The van der Waals surface area contributed by atoms with E-state index in [1.165, 1.54) is 6.07 Å². The molecule has 0 aliphatic carbocycles. The number of hydrogen-bond donors (Lipinski definition) is 2. The number of aliphatic hydroxyl groups is 1. The lowest BCUT2D eigenvalue weighted by Crippen LogP contribution is -2.32. The molecule has 0 fully saturated rings. The smallest absolute Gasteiger partial charge is 0.142 e. The molecule has 2 aromatic rings. The fraction of sp³-hybridized carbons (Fsp3) is 0.294. The molecule has 0 saturated heterocycles. The summed E-state index contributed by atoms with van der Waals surface area (Å²) in [6.45, 7) is 1.79. The van der Waals surface area contributed by atoms with Gasteiger partial charge in [-0.2, -0.15) is 0 Å². The van der Waals surface area contributed by atoms with Crippen LogP contribution in [0.15, 0.2) is 48.5 Å². The van der Waals surface area contributed by atoms with Gasteiger partial charge in [0.1, 0.15) is 17.7 Å². The van der Waals surface area contributed by atoms with Gasteiger partial charge in [-0.15, -0.1) is 0 Å². The number of benzene rings is 2. The van der Waals surface area contributed by atoms with Crippen molar-refractivity contribution < 1.29 is 14.2 Å². The van der Waals surface area contributed by atoms with Gasteiger partial charge in [-0.05, 0) is 18.6 Å². The van der Waals surface area contributed by atoms with Crippen LogP contribution in [0.3, 0.4) is 0 Å². The summed E-state index contributed by atoms with van der Waals surface area (Å²) in [6, 6.07) is 13.3. The highest BCUT2D eigenvalue weighted by atomic mass is 19.1. The first-order valence-corrected chi connectivity index (χ1v) is 7.02. The Bertz CT molecular complexity index is 589. The highest BCUT2D eigenvalue weighted by Crippen LogP contribution is 2.29. The van der Waals surface area contributed by atoms with E-state index in [0.29, 0.717) is 23.3 Å². The van der Waals surface area contributed by atoms with Crippen LogP contribution in [0, 0.1) is 5.82 Å². The van der Waals surface area contributed by atoms with Crippen molar-refractivity contribution in [1.82, 2.24) is 0 Å². The normalized spacial score (nSPS) is 13.7. The molecule has 21 heavy (non-hydrogen) atoms. The summed E-state index contributed by atoms with van der Waals surface area (Å²) in [5.74, 6) is 0.185. The van der Waals surface area contributed by atoms with Gasteiger partial charge in [-0.25, -0.2) is 4.39 Å². The van der Waals surface area contributed by atoms with E-state index in [2.05, 4.69) is 0 Å². The van der Waals surface area contributed by atoms with E-state index in [9.17, 15) is 9.50 Å². The molecule has 4 heteroatoms. The molecule has 0 bridgehead atoms. The van der Waals surface area contributed by atoms with E-state index in [4.69, 9.17) is 10.5 Å². The molecule has 0 heterocycles. The lowest BCUT2D eigenvalue weighted by atomic mass is 10.00. The standard InChI is InChI=1S/C17H20FNO2/c1-2-15(19)17(13-8-4-5-9-14(13)18)21-16-10-6-3-7-12(16)11-20/h3-10,15,17,20H,2,11,19H2,1H3. The SMILES string of the molecule is CCC(N)C(Oc1ccccc1CO)c1ccccc1F. The van der Waals surface area contributed by atoms with Crippen LogP contribution in [-0.4, -0.2) is 11.1 Å². The Hall–Kier alpha value is -1.91. The van der Waals surface area contributed by atoms with E-state index in [1.807, 2.05) is 19.1 Å². The van der Waals surface area contributed by atoms with Crippen molar-refractivity contribution in [3.63, 3.8) is 0 Å². The molecule has 0 aliphatic rings. The molecule has 3 N–H and O–H groups in total. The Morgan fingerprint density at radius 2 is 1.81 bits per heavy atom. The van der Waals surface area contributed by atoms with Crippen molar-refractivity contribution in [3.05, 3.63) is 65.5 Å². The van der Waals surface area contributed by atoms with Gasteiger partial charge in [-0.3, -0.25) is 0 Å². The first kappa shape index (κ1) is 15.5. The van der Waals surface area contributed by atoms with Crippen molar-refractivity contribution in [2.45, 2.75) is 32.1 Å². The third kappa shape index (κ3) is 3.60. The molecule has 0 aliphatic heterocycles. The van der Waals surface area contributed by atoms with E-state index >= 15 is 0 Å². The van der Waals surface area contributed by atoms with Gasteiger partial charge >= 0.3 is 0 Å². The summed E-state index contributed by atoms with van der Waals surface area (Å²) >= 11 is 0. The molecule has 0 radical (unpaired) electrons. The number of para-hydroxylation sites is 1. The zero-order valence-electron chi connectivity index (χ0n) is 12.0. The van der Waals surface area contributed by atoms with Crippen LogP contribution >= 0.6 is 0 Å². The Balaban J connectivity index is 2.36. The average Bonchev–Trinajstić information content (AvgIpc) is 2.53. The second-order valence-corrected chi connectivity index (χ2v) is 4.90. The summed E-state index contributed by atoms with van der Waals surface area (Å²) in [5, 5.41) is 9.37. The molecule has 3 nitrogen and oxygen atoms in total. The number of nitrogens with two attached hydrogens (primary N) is 1. The number of ether oxygens (including phenoxy) is 1. The zero-order valence-corrected chi connectivity index (χ0v) is 12.0. The molecule has 0 saturated carbocycles. The number of rotatable bonds is 6. The van der Waals surface area contributed by atoms with Gasteiger partial charge in [0.05, 0.1) is 6.61 Å². The van der Waals surface area contributed by atoms with Crippen LogP contribution in [0.2, 0.25) is 0 Å². The van der Waals surface area contributed by atoms with Gasteiger partial charge in [0.2, 0.25) is 0 Å². The van der Waals surface area contributed by atoms with E-state index in [-0.39, 0.29) is 18.5 Å². The van der Waals surface area contributed by atoms with Gasteiger partial charge < -0.3 is 15.6 Å². The fourth-order valence-corrected chi connectivity index (χ4v) is 2.19. The summed E-state index contributed by atoms with van der Waals surface area (Å²) < 4.78 is 20.0. The Labute approximate surface area is 124 Å². The maximum absolute atomic E-state index is 14.0. The molecule has 0 spiro atoms. The lowest BCUT2D eigenvalue weighted by Gasteiger charge is -2.26. The highest BCUT2D eigenvalue weighted by molar-refractivity contribution is 5.34. The lowest BCUT2D eigenvalue weighted by molar-refractivity contribution is 0.160. The van der Waals surface area contributed by atoms with Gasteiger partial charge in [0.15, 0.2) is 0 Å².